The van der Waals surface area contributed by atoms with Gasteiger partial charge in [-0.05, 0) is 35.4 Å². The van der Waals surface area contributed by atoms with Gasteiger partial charge in [0.05, 0.1) is 0 Å². The second-order valence-electron chi connectivity index (χ2n) is 8.10. The van der Waals surface area contributed by atoms with Crippen LogP contribution in [0.5, 0.6) is 0 Å². The Morgan fingerprint density at radius 2 is 1.68 bits per heavy atom. The standard InChI is InChI=1S/C24H28N2O2/c1-17(27)25-23(19-11-5-6-12-19)24(28)26-15-20-13-7-8-14-21(20)22(16-26)18-9-3-2-4-10-18/h2-4,7-10,13-14,19,22-23H,5-6,11-12,15-16H2,1H3,(H,25,27)/t22-,23+/m0/s1. The zero-order valence-electron chi connectivity index (χ0n) is 16.4. The van der Waals surface area contributed by atoms with Crippen LogP contribution in [0.1, 0.15) is 55.2 Å². The van der Waals surface area contributed by atoms with E-state index in [1.165, 1.54) is 23.6 Å². The first kappa shape index (κ1) is 18.7. The van der Waals surface area contributed by atoms with E-state index >= 15 is 0 Å². The number of benzene rings is 2. The highest BCUT2D eigenvalue weighted by atomic mass is 16.2. The van der Waals surface area contributed by atoms with Gasteiger partial charge in [0.25, 0.3) is 0 Å². The molecule has 1 N–H and O–H groups in total. The number of nitrogens with one attached hydrogen (secondary N) is 1. The number of rotatable bonds is 4. The van der Waals surface area contributed by atoms with Crippen LogP contribution in [0.3, 0.4) is 0 Å². The van der Waals surface area contributed by atoms with Gasteiger partial charge in [-0.1, -0.05) is 67.4 Å². The van der Waals surface area contributed by atoms with Gasteiger partial charge < -0.3 is 10.2 Å². The molecule has 1 saturated carbocycles. The highest BCUT2D eigenvalue weighted by Gasteiger charge is 2.37. The molecular weight excluding hydrogens is 348 g/mol. The third-order valence-corrected chi connectivity index (χ3v) is 6.20. The van der Waals surface area contributed by atoms with Crippen molar-refractivity contribution in [3.63, 3.8) is 0 Å². The minimum Gasteiger partial charge on any atom is -0.344 e. The van der Waals surface area contributed by atoms with Crippen molar-refractivity contribution in [1.82, 2.24) is 10.2 Å². The van der Waals surface area contributed by atoms with Crippen LogP contribution in [-0.2, 0) is 16.1 Å². The monoisotopic (exact) mass is 376 g/mol. The van der Waals surface area contributed by atoms with Gasteiger partial charge in [-0.15, -0.1) is 0 Å². The van der Waals surface area contributed by atoms with E-state index < -0.39 is 6.04 Å². The SMILES string of the molecule is CC(=O)N[C@@H](C(=O)N1Cc2ccccc2[C@H](c2ccccc2)C1)C1CCCC1. The van der Waals surface area contributed by atoms with E-state index in [1.54, 1.807) is 0 Å². The Hall–Kier alpha value is -2.62. The van der Waals surface area contributed by atoms with E-state index in [0.29, 0.717) is 13.1 Å². The van der Waals surface area contributed by atoms with Gasteiger partial charge in [0, 0.05) is 25.9 Å². The Morgan fingerprint density at radius 1 is 1.00 bits per heavy atom. The molecule has 2 atom stereocenters. The molecule has 0 saturated heterocycles. The van der Waals surface area contributed by atoms with Gasteiger partial charge >= 0.3 is 0 Å². The van der Waals surface area contributed by atoms with Gasteiger partial charge in [-0.25, -0.2) is 0 Å². The normalized spacial score (nSPS) is 20.5. The fourth-order valence-electron chi connectivity index (χ4n) is 4.83. The third-order valence-electron chi connectivity index (χ3n) is 6.20. The van der Waals surface area contributed by atoms with E-state index in [1.807, 2.05) is 17.0 Å². The van der Waals surface area contributed by atoms with Gasteiger partial charge in [0.1, 0.15) is 6.04 Å². The zero-order valence-corrected chi connectivity index (χ0v) is 16.4. The molecule has 4 nitrogen and oxygen atoms in total. The fraction of sp³-hybridized carbons (Fsp3) is 0.417. The summed E-state index contributed by atoms with van der Waals surface area (Å²) in [6.07, 6.45) is 4.32. The summed E-state index contributed by atoms with van der Waals surface area (Å²) >= 11 is 0. The van der Waals surface area contributed by atoms with Gasteiger partial charge in [-0.2, -0.15) is 0 Å². The number of hydrogen-bond acceptors (Lipinski definition) is 2. The Balaban J connectivity index is 1.64. The molecule has 1 aliphatic heterocycles. The van der Waals surface area contributed by atoms with Gasteiger partial charge in [0.2, 0.25) is 11.8 Å². The lowest BCUT2D eigenvalue weighted by molar-refractivity contribution is -0.138. The molecule has 28 heavy (non-hydrogen) atoms. The first-order valence-corrected chi connectivity index (χ1v) is 10.3. The van der Waals surface area contributed by atoms with Crippen LogP contribution in [0.4, 0.5) is 0 Å². The summed E-state index contributed by atoms with van der Waals surface area (Å²) in [6, 6.07) is 18.4. The highest BCUT2D eigenvalue weighted by molar-refractivity contribution is 5.87. The van der Waals surface area contributed by atoms with Crippen molar-refractivity contribution in [3.8, 4) is 0 Å². The second kappa shape index (κ2) is 8.17. The number of nitrogens with zero attached hydrogens (tertiary/aromatic N) is 1. The molecule has 2 aromatic rings. The summed E-state index contributed by atoms with van der Waals surface area (Å²) in [6.45, 7) is 2.78. The largest absolute Gasteiger partial charge is 0.344 e. The van der Waals surface area contributed by atoms with Crippen LogP contribution < -0.4 is 5.32 Å². The smallest absolute Gasteiger partial charge is 0.245 e. The number of carbonyl (C=O) groups is 2. The fourth-order valence-corrected chi connectivity index (χ4v) is 4.83. The zero-order chi connectivity index (χ0) is 19.5. The van der Waals surface area contributed by atoms with Crippen molar-refractivity contribution in [1.29, 1.82) is 0 Å². The molecular formula is C24H28N2O2. The van der Waals surface area contributed by atoms with E-state index in [2.05, 4.69) is 47.8 Å². The molecule has 4 heteroatoms. The number of hydrogen-bond donors (Lipinski definition) is 1. The van der Waals surface area contributed by atoms with Crippen LogP contribution in [0, 0.1) is 5.92 Å². The van der Waals surface area contributed by atoms with Crippen LogP contribution in [0.2, 0.25) is 0 Å². The molecule has 0 radical (unpaired) electrons. The van der Waals surface area contributed by atoms with Gasteiger partial charge in [0.15, 0.2) is 0 Å². The molecule has 1 fully saturated rings. The molecule has 1 aliphatic carbocycles. The van der Waals surface area contributed by atoms with Crippen molar-refractivity contribution in [3.05, 3.63) is 71.3 Å². The van der Waals surface area contributed by atoms with Crippen LogP contribution in [0.25, 0.3) is 0 Å². The summed E-state index contributed by atoms with van der Waals surface area (Å²) < 4.78 is 0. The van der Waals surface area contributed by atoms with Crippen LogP contribution in [0.15, 0.2) is 54.6 Å². The third kappa shape index (κ3) is 3.82. The van der Waals surface area contributed by atoms with Crippen molar-refractivity contribution in [2.45, 2.75) is 51.1 Å². The first-order valence-electron chi connectivity index (χ1n) is 10.3. The van der Waals surface area contributed by atoms with Crippen LogP contribution in [-0.4, -0.2) is 29.3 Å². The van der Waals surface area contributed by atoms with E-state index in [4.69, 9.17) is 0 Å². The molecule has 0 spiro atoms. The minimum absolute atomic E-state index is 0.0672. The molecule has 0 aromatic heterocycles. The highest BCUT2D eigenvalue weighted by Crippen LogP contribution is 2.35. The number of fused-ring (bicyclic) bond motifs is 1. The summed E-state index contributed by atoms with van der Waals surface area (Å²) in [5.41, 5.74) is 3.73. The Morgan fingerprint density at radius 3 is 2.39 bits per heavy atom. The number of carbonyl (C=O) groups excluding carboxylic acids is 2. The molecule has 2 aliphatic rings. The van der Waals surface area contributed by atoms with Crippen molar-refractivity contribution in [2.75, 3.05) is 6.54 Å². The summed E-state index contributed by atoms with van der Waals surface area (Å²) in [4.78, 5) is 27.3. The second-order valence-corrected chi connectivity index (χ2v) is 8.10. The van der Waals surface area contributed by atoms with E-state index in [0.717, 1.165) is 25.7 Å². The molecule has 146 valence electrons. The Labute approximate surface area is 166 Å². The lowest BCUT2D eigenvalue weighted by Crippen LogP contribution is -2.53. The predicted octanol–water partition coefficient (Wildman–Crippen LogP) is 3.86. The minimum atomic E-state index is -0.401. The predicted molar refractivity (Wildman–Crippen MR) is 110 cm³/mol. The lowest BCUT2D eigenvalue weighted by Gasteiger charge is -2.38. The van der Waals surface area contributed by atoms with Crippen molar-refractivity contribution >= 4 is 11.8 Å². The average molecular weight is 377 g/mol. The molecule has 2 amide bonds. The first-order chi connectivity index (χ1) is 13.6. The maximum absolute atomic E-state index is 13.5. The summed E-state index contributed by atoms with van der Waals surface area (Å²) in [5.74, 6) is 0.361. The lowest BCUT2D eigenvalue weighted by atomic mass is 9.84. The van der Waals surface area contributed by atoms with Crippen molar-refractivity contribution < 1.29 is 9.59 Å². The molecule has 4 rings (SSSR count). The molecule has 2 aromatic carbocycles. The molecule has 1 heterocycles. The maximum Gasteiger partial charge on any atom is 0.245 e. The number of amides is 2. The Kier molecular flexibility index (Phi) is 5.47. The molecule has 0 unspecified atom stereocenters. The van der Waals surface area contributed by atoms with E-state index in [-0.39, 0.29) is 23.7 Å². The van der Waals surface area contributed by atoms with Gasteiger partial charge in [-0.3, -0.25) is 9.59 Å². The van der Waals surface area contributed by atoms with E-state index in [9.17, 15) is 9.59 Å². The summed E-state index contributed by atoms with van der Waals surface area (Å²) in [5, 5.41) is 2.97. The molecule has 0 bridgehead atoms. The Bertz CT molecular complexity index is 843. The van der Waals surface area contributed by atoms with Crippen molar-refractivity contribution in [2.24, 2.45) is 5.92 Å². The van der Waals surface area contributed by atoms with Crippen LogP contribution >= 0.6 is 0 Å². The summed E-state index contributed by atoms with van der Waals surface area (Å²) in [7, 11) is 0. The average Bonchev–Trinajstić information content (AvgIpc) is 3.26. The topological polar surface area (TPSA) is 49.4 Å². The maximum atomic E-state index is 13.5. The quantitative estimate of drug-likeness (QED) is 0.881.